The number of nitrogens with zero attached hydrogens (tertiary/aromatic N) is 1. The van der Waals surface area contributed by atoms with Crippen LogP contribution in [0.5, 0.6) is 0 Å². The van der Waals surface area contributed by atoms with Crippen LogP contribution in [-0.4, -0.2) is 49.6 Å². The number of nitrogens with two attached hydrogens (primary N) is 2. The van der Waals surface area contributed by atoms with Gasteiger partial charge in [0.05, 0.1) is 18.4 Å². The normalized spacial score (nSPS) is 19.1. The number of benzene rings is 1. The second kappa shape index (κ2) is 10.3. The summed E-state index contributed by atoms with van der Waals surface area (Å²) < 4.78 is 5.13. The number of piperidine rings is 1. The van der Waals surface area contributed by atoms with Crippen molar-refractivity contribution in [2.24, 2.45) is 17.4 Å². The van der Waals surface area contributed by atoms with E-state index in [-0.39, 0.29) is 30.3 Å². The molecule has 0 saturated carbocycles. The van der Waals surface area contributed by atoms with Gasteiger partial charge in [-0.25, -0.2) is 0 Å². The predicted molar refractivity (Wildman–Crippen MR) is 100.0 cm³/mol. The van der Waals surface area contributed by atoms with Gasteiger partial charge in [0.25, 0.3) is 0 Å². The SMILES string of the molecule is COC(CN)CC(=O)NCc1cccc(CN2CCCC(C(N)=O)C2)c1. The van der Waals surface area contributed by atoms with Gasteiger partial charge in [-0.05, 0) is 30.5 Å². The first-order chi connectivity index (χ1) is 12.5. The molecule has 0 spiro atoms. The lowest BCUT2D eigenvalue weighted by Crippen LogP contribution is -2.40. The molecule has 1 heterocycles. The average molecular weight is 362 g/mol. The van der Waals surface area contributed by atoms with E-state index in [4.69, 9.17) is 16.2 Å². The highest BCUT2D eigenvalue weighted by atomic mass is 16.5. The number of carbonyl (C=O) groups is 2. The van der Waals surface area contributed by atoms with E-state index in [0.717, 1.165) is 31.5 Å². The first kappa shape index (κ1) is 20.4. The molecule has 0 bridgehead atoms. The van der Waals surface area contributed by atoms with Crippen LogP contribution in [0.1, 0.15) is 30.4 Å². The number of carbonyl (C=O) groups excluding carboxylic acids is 2. The van der Waals surface area contributed by atoms with Crippen molar-refractivity contribution in [2.45, 2.75) is 38.5 Å². The molecule has 26 heavy (non-hydrogen) atoms. The molecule has 0 aromatic heterocycles. The first-order valence-electron chi connectivity index (χ1n) is 9.11. The second-order valence-electron chi connectivity index (χ2n) is 6.87. The van der Waals surface area contributed by atoms with Crippen LogP contribution in [0, 0.1) is 5.92 Å². The number of hydrogen-bond donors (Lipinski definition) is 3. The van der Waals surface area contributed by atoms with Crippen LogP contribution >= 0.6 is 0 Å². The largest absolute Gasteiger partial charge is 0.380 e. The average Bonchev–Trinajstić information content (AvgIpc) is 2.65. The highest BCUT2D eigenvalue weighted by Gasteiger charge is 2.23. The van der Waals surface area contributed by atoms with Crippen LogP contribution in [0.4, 0.5) is 0 Å². The van der Waals surface area contributed by atoms with Gasteiger partial charge in [0.15, 0.2) is 0 Å². The highest BCUT2D eigenvalue weighted by molar-refractivity contribution is 5.77. The number of methoxy groups -OCH3 is 1. The molecule has 1 aromatic rings. The lowest BCUT2D eigenvalue weighted by Gasteiger charge is -2.31. The summed E-state index contributed by atoms with van der Waals surface area (Å²) in [5.74, 6) is -0.339. The van der Waals surface area contributed by atoms with Gasteiger partial charge in [0.2, 0.25) is 11.8 Å². The van der Waals surface area contributed by atoms with Gasteiger partial charge >= 0.3 is 0 Å². The molecule has 0 aliphatic carbocycles. The lowest BCUT2D eigenvalue weighted by atomic mass is 9.97. The summed E-state index contributed by atoms with van der Waals surface area (Å²) in [7, 11) is 1.55. The number of primary amides is 1. The van der Waals surface area contributed by atoms with E-state index >= 15 is 0 Å². The Morgan fingerprint density at radius 1 is 1.38 bits per heavy atom. The molecule has 2 rings (SSSR count). The van der Waals surface area contributed by atoms with Crippen LogP contribution < -0.4 is 16.8 Å². The van der Waals surface area contributed by atoms with Crippen molar-refractivity contribution in [2.75, 3.05) is 26.7 Å². The third kappa shape index (κ3) is 6.40. The summed E-state index contributed by atoms with van der Waals surface area (Å²) in [6.07, 6.45) is 1.88. The Morgan fingerprint density at radius 3 is 2.85 bits per heavy atom. The summed E-state index contributed by atoms with van der Waals surface area (Å²) in [5.41, 5.74) is 13.2. The number of amides is 2. The zero-order chi connectivity index (χ0) is 18.9. The smallest absolute Gasteiger partial charge is 0.222 e. The van der Waals surface area contributed by atoms with E-state index in [1.165, 1.54) is 5.56 Å². The van der Waals surface area contributed by atoms with Crippen molar-refractivity contribution in [3.63, 3.8) is 0 Å². The molecule has 5 N–H and O–H groups in total. The Hall–Kier alpha value is -1.96. The van der Waals surface area contributed by atoms with Crippen molar-refractivity contribution >= 4 is 11.8 Å². The third-order valence-electron chi connectivity index (χ3n) is 4.80. The van der Waals surface area contributed by atoms with E-state index in [9.17, 15) is 9.59 Å². The predicted octanol–water partition coefficient (Wildman–Crippen LogP) is 0.364. The number of nitrogens with one attached hydrogen (secondary N) is 1. The van der Waals surface area contributed by atoms with Crippen LogP contribution in [0.2, 0.25) is 0 Å². The van der Waals surface area contributed by atoms with Gasteiger partial charge in [-0.1, -0.05) is 24.3 Å². The molecule has 0 radical (unpaired) electrons. The Kier molecular flexibility index (Phi) is 8.03. The zero-order valence-corrected chi connectivity index (χ0v) is 15.4. The van der Waals surface area contributed by atoms with Gasteiger partial charge in [0.1, 0.15) is 0 Å². The fraction of sp³-hybridized carbons (Fsp3) is 0.579. The van der Waals surface area contributed by atoms with Crippen molar-refractivity contribution in [1.82, 2.24) is 10.2 Å². The van der Waals surface area contributed by atoms with Crippen LogP contribution in [-0.2, 0) is 27.4 Å². The van der Waals surface area contributed by atoms with E-state index < -0.39 is 0 Å². The standard InChI is InChI=1S/C19H30N4O3/c1-26-17(10-20)9-18(24)22-11-14-4-2-5-15(8-14)12-23-7-3-6-16(13-23)19(21)25/h2,4-5,8,16-17H,3,6-7,9-13,20H2,1H3,(H2,21,25)(H,22,24). The maximum absolute atomic E-state index is 11.9. The van der Waals surface area contributed by atoms with Gasteiger partial charge in [-0.15, -0.1) is 0 Å². The lowest BCUT2D eigenvalue weighted by molar-refractivity contribution is -0.124. The number of rotatable bonds is 9. The van der Waals surface area contributed by atoms with Crippen molar-refractivity contribution < 1.29 is 14.3 Å². The van der Waals surface area contributed by atoms with E-state index in [2.05, 4.69) is 22.3 Å². The fourth-order valence-corrected chi connectivity index (χ4v) is 3.27. The quantitative estimate of drug-likeness (QED) is 0.588. The number of likely N-dealkylation sites (tertiary alicyclic amines) is 1. The number of ether oxygens (including phenoxy) is 1. The maximum Gasteiger partial charge on any atom is 0.222 e. The van der Waals surface area contributed by atoms with Crippen LogP contribution in [0.3, 0.4) is 0 Å². The Bertz CT molecular complexity index is 604. The van der Waals surface area contributed by atoms with Crippen molar-refractivity contribution in [3.05, 3.63) is 35.4 Å². The fourth-order valence-electron chi connectivity index (χ4n) is 3.27. The Balaban J connectivity index is 1.85. The topological polar surface area (TPSA) is 111 Å². The molecular formula is C19H30N4O3. The van der Waals surface area contributed by atoms with Crippen LogP contribution in [0.25, 0.3) is 0 Å². The molecule has 7 nitrogen and oxygen atoms in total. The van der Waals surface area contributed by atoms with Gasteiger partial charge in [-0.3, -0.25) is 14.5 Å². The van der Waals surface area contributed by atoms with Gasteiger partial charge in [-0.2, -0.15) is 0 Å². The summed E-state index contributed by atoms with van der Waals surface area (Å²) in [6, 6.07) is 8.13. The molecular weight excluding hydrogens is 332 g/mol. The summed E-state index contributed by atoms with van der Waals surface area (Å²) in [4.78, 5) is 25.6. The van der Waals surface area contributed by atoms with E-state index in [0.29, 0.717) is 19.6 Å². The van der Waals surface area contributed by atoms with Crippen molar-refractivity contribution in [3.8, 4) is 0 Å². The second-order valence-corrected chi connectivity index (χ2v) is 6.87. The maximum atomic E-state index is 11.9. The first-order valence-corrected chi connectivity index (χ1v) is 9.11. The van der Waals surface area contributed by atoms with Crippen molar-refractivity contribution in [1.29, 1.82) is 0 Å². The minimum atomic E-state index is -0.251. The molecule has 1 aliphatic heterocycles. The van der Waals surface area contributed by atoms with E-state index in [1.54, 1.807) is 7.11 Å². The third-order valence-corrected chi connectivity index (χ3v) is 4.80. The summed E-state index contributed by atoms with van der Waals surface area (Å²) >= 11 is 0. The molecule has 7 heteroatoms. The molecule has 144 valence electrons. The molecule has 2 amide bonds. The Morgan fingerprint density at radius 2 is 2.15 bits per heavy atom. The molecule has 1 aromatic carbocycles. The Labute approximate surface area is 155 Å². The molecule has 1 aliphatic rings. The van der Waals surface area contributed by atoms with Crippen LogP contribution in [0.15, 0.2) is 24.3 Å². The minimum Gasteiger partial charge on any atom is -0.380 e. The minimum absolute atomic E-state index is 0.0532. The number of hydrogen-bond acceptors (Lipinski definition) is 5. The molecule has 1 fully saturated rings. The monoisotopic (exact) mass is 362 g/mol. The zero-order valence-electron chi connectivity index (χ0n) is 15.4. The summed E-state index contributed by atoms with van der Waals surface area (Å²) in [5, 5.41) is 2.90. The van der Waals surface area contributed by atoms with Gasteiger partial charge < -0.3 is 21.5 Å². The van der Waals surface area contributed by atoms with E-state index in [1.807, 2.05) is 12.1 Å². The van der Waals surface area contributed by atoms with Gasteiger partial charge in [0, 0.05) is 33.3 Å². The highest BCUT2D eigenvalue weighted by Crippen LogP contribution is 2.18. The molecule has 2 atom stereocenters. The molecule has 2 unspecified atom stereocenters. The molecule has 1 saturated heterocycles. The summed E-state index contributed by atoms with van der Waals surface area (Å²) in [6.45, 7) is 3.26.